The molecule has 0 amide bonds. The molecule has 0 aliphatic carbocycles. The van der Waals surface area contributed by atoms with Crippen molar-refractivity contribution in [2.75, 3.05) is 0 Å². The predicted molar refractivity (Wildman–Crippen MR) is 56.7 cm³/mol. The second kappa shape index (κ2) is 3.55. The molecule has 2 N–H and O–H groups in total. The zero-order chi connectivity index (χ0) is 9.97. The van der Waals surface area contributed by atoms with Crippen LogP contribution in [0.5, 0.6) is 0 Å². The summed E-state index contributed by atoms with van der Waals surface area (Å²) in [5.74, 6) is 0. The molecule has 70 valence electrons. The molecule has 0 radical (unpaired) electrons. The first-order valence-corrected chi connectivity index (χ1v) is 4.40. The maximum atomic E-state index is 5.85. The number of rotatable bonds is 2. The van der Waals surface area contributed by atoms with E-state index in [0.717, 1.165) is 16.6 Å². The Morgan fingerprint density at radius 2 is 2.14 bits per heavy atom. The molecule has 0 aromatic carbocycles. The van der Waals surface area contributed by atoms with E-state index >= 15 is 0 Å². The van der Waals surface area contributed by atoms with Gasteiger partial charge in [0.2, 0.25) is 0 Å². The number of fused-ring (bicyclic) bond motifs is 1. The Labute approximate surface area is 82.3 Å². The lowest BCUT2D eigenvalue weighted by molar-refractivity contribution is 0.876. The zero-order valence-electron chi connectivity index (χ0n) is 7.72. The molecule has 0 bridgehead atoms. The Kier molecular flexibility index (Phi) is 2.24. The van der Waals surface area contributed by atoms with Crippen molar-refractivity contribution >= 4 is 10.9 Å². The van der Waals surface area contributed by atoms with Crippen molar-refractivity contribution in [3.63, 3.8) is 0 Å². The van der Waals surface area contributed by atoms with Gasteiger partial charge in [0.25, 0.3) is 0 Å². The largest absolute Gasteiger partial charge is 0.319 e. The van der Waals surface area contributed by atoms with Gasteiger partial charge in [0.1, 0.15) is 0 Å². The van der Waals surface area contributed by atoms with E-state index in [1.54, 1.807) is 18.5 Å². The molecule has 3 heteroatoms. The van der Waals surface area contributed by atoms with Crippen LogP contribution in [0, 0.1) is 0 Å². The molecule has 2 heterocycles. The smallest absolute Gasteiger partial charge is 0.0736 e. The standard InChI is InChI=1S/C11H11N3/c1-2-9(12)11-8-4-3-6-13-10(8)5-7-14-11/h2-7,9H,1,12H2/t9-/m1/s1. The Morgan fingerprint density at radius 1 is 1.29 bits per heavy atom. The van der Waals surface area contributed by atoms with Crippen molar-refractivity contribution in [1.82, 2.24) is 9.97 Å². The maximum absolute atomic E-state index is 5.85. The summed E-state index contributed by atoms with van der Waals surface area (Å²) in [7, 11) is 0. The van der Waals surface area contributed by atoms with E-state index < -0.39 is 0 Å². The summed E-state index contributed by atoms with van der Waals surface area (Å²) < 4.78 is 0. The van der Waals surface area contributed by atoms with Gasteiger partial charge >= 0.3 is 0 Å². The first-order chi connectivity index (χ1) is 6.83. The van der Waals surface area contributed by atoms with Crippen molar-refractivity contribution < 1.29 is 0 Å². The van der Waals surface area contributed by atoms with Gasteiger partial charge < -0.3 is 5.73 Å². The lowest BCUT2D eigenvalue weighted by Gasteiger charge is -2.08. The average molecular weight is 185 g/mol. The minimum absolute atomic E-state index is 0.233. The molecular formula is C11H11N3. The highest BCUT2D eigenvalue weighted by Crippen LogP contribution is 2.19. The molecule has 0 saturated carbocycles. The first kappa shape index (κ1) is 8.84. The Hall–Kier alpha value is -1.74. The van der Waals surface area contributed by atoms with E-state index in [0.29, 0.717) is 0 Å². The molecule has 3 nitrogen and oxygen atoms in total. The van der Waals surface area contributed by atoms with Gasteiger partial charge in [0, 0.05) is 17.8 Å². The molecule has 0 aliphatic heterocycles. The fraction of sp³-hybridized carbons (Fsp3) is 0.0909. The van der Waals surface area contributed by atoms with E-state index in [2.05, 4.69) is 16.5 Å². The van der Waals surface area contributed by atoms with E-state index in [4.69, 9.17) is 5.73 Å². The van der Waals surface area contributed by atoms with Crippen LogP contribution >= 0.6 is 0 Å². The zero-order valence-corrected chi connectivity index (χ0v) is 7.72. The molecular weight excluding hydrogens is 174 g/mol. The number of nitrogens with zero attached hydrogens (tertiary/aromatic N) is 2. The van der Waals surface area contributed by atoms with Crippen LogP contribution < -0.4 is 5.73 Å². The lowest BCUT2D eigenvalue weighted by Crippen LogP contribution is -2.09. The van der Waals surface area contributed by atoms with Gasteiger partial charge in [-0.15, -0.1) is 6.58 Å². The minimum atomic E-state index is -0.233. The lowest BCUT2D eigenvalue weighted by atomic mass is 10.1. The highest BCUT2D eigenvalue weighted by molar-refractivity contribution is 5.80. The molecule has 0 saturated heterocycles. The van der Waals surface area contributed by atoms with Crippen LogP contribution in [-0.2, 0) is 0 Å². The third kappa shape index (κ3) is 1.38. The average Bonchev–Trinajstić information content (AvgIpc) is 2.27. The van der Waals surface area contributed by atoms with Gasteiger partial charge in [-0.25, -0.2) is 0 Å². The number of hydrogen-bond acceptors (Lipinski definition) is 3. The van der Waals surface area contributed by atoms with Crippen molar-refractivity contribution in [2.45, 2.75) is 6.04 Å². The number of nitrogens with two attached hydrogens (primary N) is 1. The Bertz CT molecular complexity index is 460. The van der Waals surface area contributed by atoms with Crippen LogP contribution in [-0.4, -0.2) is 9.97 Å². The second-order valence-electron chi connectivity index (χ2n) is 3.03. The highest BCUT2D eigenvalue weighted by atomic mass is 14.8. The Morgan fingerprint density at radius 3 is 2.93 bits per heavy atom. The fourth-order valence-corrected chi connectivity index (χ4v) is 1.40. The van der Waals surface area contributed by atoms with E-state index in [1.807, 2.05) is 18.2 Å². The highest BCUT2D eigenvalue weighted by Gasteiger charge is 2.07. The van der Waals surface area contributed by atoms with Crippen LogP contribution in [0.15, 0.2) is 43.2 Å². The van der Waals surface area contributed by atoms with Crippen molar-refractivity contribution in [2.24, 2.45) is 5.73 Å². The summed E-state index contributed by atoms with van der Waals surface area (Å²) in [6.45, 7) is 3.66. The molecule has 0 fully saturated rings. The van der Waals surface area contributed by atoms with Gasteiger partial charge in [-0.1, -0.05) is 6.08 Å². The molecule has 2 aromatic heterocycles. The van der Waals surface area contributed by atoms with Gasteiger partial charge in [-0.05, 0) is 18.2 Å². The van der Waals surface area contributed by atoms with Gasteiger partial charge in [0.15, 0.2) is 0 Å². The van der Waals surface area contributed by atoms with Crippen LogP contribution in [0.3, 0.4) is 0 Å². The number of pyridine rings is 2. The quantitative estimate of drug-likeness (QED) is 0.726. The molecule has 14 heavy (non-hydrogen) atoms. The van der Waals surface area contributed by atoms with Gasteiger partial charge in [0.05, 0.1) is 17.3 Å². The summed E-state index contributed by atoms with van der Waals surface area (Å²) in [6.07, 6.45) is 5.15. The monoisotopic (exact) mass is 185 g/mol. The van der Waals surface area contributed by atoms with Crippen LogP contribution in [0.2, 0.25) is 0 Å². The summed E-state index contributed by atoms with van der Waals surface area (Å²) in [5, 5.41) is 0.988. The molecule has 0 aliphatic rings. The van der Waals surface area contributed by atoms with E-state index in [1.165, 1.54) is 0 Å². The van der Waals surface area contributed by atoms with Gasteiger partial charge in [-0.3, -0.25) is 9.97 Å². The molecule has 2 rings (SSSR count). The van der Waals surface area contributed by atoms with Crippen LogP contribution in [0.25, 0.3) is 10.9 Å². The maximum Gasteiger partial charge on any atom is 0.0736 e. The predicted octanol–water partition coefficient (Wildman–Crippen LogP) is 1.82. The van der Waals surface area contributed by atoms with Crippen molar-refractivity contribution in [3.05, 3.63) is 48.9 Å². The topological polar surface area (TPSA) is 51.8 Å². The molecule has 0 spiro atoms. The molecule has 1 atom stereocenters. The minimum Gasteiger partial charge on any atom is -0.319 e. The summed E-state index contributed by atoms with van der Waals surface area (Å²) in [6, 6.07) is 5.48. The van der Waals surface area contributed by atoms with Crippen molar-refractivity contribution in [1.29, 1.82) is 0 Å². The summed E-state index contributed by atoms with van der Waals surface area (Å²) >= 11 is 0. The summed E-state index contributed by atoms with van der Waals surface area (Å²) in [5.41, 5.74) is 7.59. The van der Waals surface area contributed by atoms with E-state index in [-0.39, 0.29) is 6.04 Å². The number of hydrogen-bond donors (Lipinski definition) is 1. The normalized spacial score (nSPS) is 12.6. The van der Waals surface area contributed by atoms with Crippen LogP contribution in [0.4, 0.5) is 0 Å². The SMILES string of the molecule is C=C[C@@H](N)c1nccc2ncccc12. The second-order valence-corrected chi connectivity index (χ2v) is 3.03. The van der Waals surface area contributed by atoms with E-state index in [9.17, 15) is 0 Å². The Balaban J connectivity index is 2.70. The van der Waals surface area contributed by atoms with Gasteiger partial charge in [-0.2, -0.15) is 0 Å². The molecule has 2 aromatic rings. The molecule has 0 unspecified atom stereocenters. The fourth-order valence-electron chi connectivity index (χ4n) is 1.40. The third-order valence-electron chi connectivity index (χ3n) is 2.13. The first-order valence-electron chi connectivity index (χ1n) is 4.40. The summed E-state index contributed by atoms with van der Waals surface area (Å²) in [4.78, 5) is 8.47. The van der Waals surface area contributed by atoms with Crippen LogP contribution in [0.1, 0.15) is 11.7 Å². The number of aromatic nitrogens is 2. The van der Waals surface area contributed by atoms with Crippen molar-refractivity contribution in [3.8, 4) is 0 Å². The third-order valence-corrected chi connectivity index (χ3v) is 2.13.